The number of halogens is 1. The summed E-state index contributed by atoms with van der Waals surface area (Å²) in [5.74, 6) is -0.643. The van der Waals surface area contributed by atoms with Gasteiger partial charge in [0.25, 0.3) is 0 Å². The maximum Gasteiger partial charge on any atom is 0.243 e. The summed E-state index contributed by atoms with van der Waals surface area (Å²) in [5.41, 5.74) is 2.30. The van der Waals surface area contributed by atoms with E-state index in [0.29, 0.717) is 16.8 Å². The fourth-order valence-corrected chi connectivity index (χ4v) is 1.88. The number of hydrogen-bond donors (Lipinski definition) is 2. The van der Waals surface area contributed by atoms with Gasteiger partial charge in [-0.05, 0) is 55.8 Å². The Labute approximate surface area is 128 Å². The van der Waals surface area contributed by atoms with Crippen LogP contribution in [0.1, 0.15) is 22.8 Å². The van der Waals surface area contributed by atoms with Crippen LogP contribution in [0, 0.1) is 12.7 Å². The van der Waals surface area contributed by atoms with Gasteiger partial charge in [-0.15, -0.1) is 0 Å². The first-order chi connectivity index (χ1) is 10.5. The Morgan fingerprint density at radius 2 is 1.68 bits per heavy atom. The number of Topliss-reactive ketones (excluding diaryl/α,β-unsaturated/α-hetero) is 1. The first kappa shape index (κ1) is 15.7. The maximum absolute atomic E-state index is 13.4. The summed E-state index contributed by atoms with van der Waals surface area (Å²) in [6.07, 6.45) is 0. The zero-order valence-electron chi connectivity index (χ0n) is 12.4. The fourth-order valence-electron chi connectivity index (χ4n) is 1.88. The lowest BCUT2D eigenvalue weighted by Crippen LogP contribution is -2.21. The van der Waals surface area contributed by atoms with Gasteiger partial charge in [0.05, 0.1) is 6.54 Å². The number of rotatable bonds is 5. The van der Waals surface area contributed by atoms with Crippen LogP contribution in [0.25, 0.3) is 0 Å². The van der Waals surface area contributed by atoms with Crippen molar-refractivity contribution in [3.63, 3.8) is 0 Å². The lowest BCUT2D eigenvalue weighted by molar-refractivity contribution is -0.114. The van der Waals surface area contributed by atoms with Crippen LogP contribution in [0.4, 0.5) is 15.8 Å². The van der Waals surface area contributed by atoms with E-state index in [0.717, 1.165) is 5.69 Å². The van der Waals surface area contributed by atoms with Gasteiger partial charge in [-0.1, -0.05) is 6.07 Å². The van der Waals surface area contributed by atoms with Crippen molar-refractivity contribution in [3.8, 4) is 0 Å². The molecule has 0 aliphatic rings. The summed E-state index contributed by atoms with van der Waals surface area (Å²) < 4.78 is 13.4. The topological polar surface area (TPSA) is 58.2 Å². The van der Waals surface area contributed by atoms with E-state index in [2.05, 4.69) is 10.6 Å². The Bertz CT molecular complexity index is 696. The number of nitrogens with one attached hydrogen (secondary N) is 2. The van der Waals surface area contributed by atoms with E-state index < -0.39 is 0 Å². The summed E-state index contributed by atoms with van der Waals surface area (Å²) in [6, 6.07) is 11.4. The number of carbonyl (C=O) groups excluding carboxylic acids is 2. The maximum atomic E-state index is 13.4. The minimum absolute atomic E-state index is 0.00862. The van der Waals surface area contributed by atoms with Crippen molar-refractivity contribution in [3.05, 3.63) is 59.4 Å². The van der Waals surface area contributed by atoms with Gasteiger partial charge in [-0.2, -0.15) is 0 Å². The van der Waals surface area contributed by atoms with Gasteiger partial charge in [0.2, 0.25) is 5.91 Å². The number of ketones is 1. The molecule has 0 radical (unpaired) electrons. The van der Waals surface area contributed by atoms with Crippen LogP contribution in [0.2, 0.25) is 0 Å². The van der Waals surface area contributed by atoms with Gasteiger partial charge in [0.15, 0.2) is 5.78 Å². The van der Waals surface area contributed by atoms with E-state index in [1.807, 2.05) is 0 Å². The molecule has 0 spiro atoms. The number of hydrogen-bond acceptors (Lipinski definition) is 3. The third kappa shape index (κ3) is 4.15. The lowest BCUT2D eigenvalue weighted by Gasteiger charge is -2.09. The van der Waals surface area contributed by atoms with Gasteiger partial charge in [-0.3, -0.25) is 9.59 Å². The zero-order chi connectivity index (χ0) is 16.1. The highest BCUT2D eigenvalue weighted by atomic mass is 19.1. The van der Waals surface area contributed by atoms with E-state index >= 15 is 0 Å². The zero-order valence-corrected chi connectivity index (χ0v) is 12.4. The van der Waals surface area contributed by atoms with Crippen molar-refractivity contribution in [2.24, 2.45) is 0 Å². The standard InChI is InChI=1S/C17H17FN2O2/c1-11-3-6-15(9-16(11)18)20-17(22)10-19-14-7-4-13(5-8-14)12(2)21/h3-9,19H,10H2,1-2H3,(H,20,22). The first-order valence-corrected chi connectivity index (χ1v) is 6.86. The molecule has 5 heteroatoms. The molecule has 22 heavy (non-hydrogen) atoms. The van der Waals surface area contributed by atoms with Crippen LogP contribution in [-0.4, -0.2) is 18.2 Å². The fraction of sp³-hybridized carbons (Fsp3) is 0.176. The van der Waals surface area contributed by atoms with Crippen molar-refractivity contribution in [1.29, 1.82) is 0 Å². The van der Waals surface area contributed by atoms with Gasteiger partial charge >= 0.3 is 0 Å². The number of aryl methyl sites for hydroxylation is 1. The Morgan fingerprint density at radius 1 is 1.05 bits per heavy atom. The van der Waals surface area contributed by atoms with E-state index in [9.17, 15) is 14.0 Å². The summed E-state index contributed by atoms with van der Waals surface area (Å²) in [4.78, 5) is 23.0. The Hall–Kier alpha value is -2.69. The predicted molar refractivity (Wildman–Crippen MR) is 84.7 cm³/mol. The molecule has 4 nitrogen and oxygen atoms in total. The smallest absolute Gasteiger partial charge is 0.243 e. The average molecular weight is 300 g/mol. The molecule has 0 bridgehead atoms. The SMILES string of the molecule is CC(=O)c1ccc(NCC(=O)Nc2ccc(C)c(F)c2)cc1. The molecule has 0 saturated heterocycles. The second-order valence-electron chi connectivity index (χ2n) is 5.00. The van der Waals surface area contributed by atoms with Crippen molar-refractivity contribution in [1.82, 2.24) is 0 Å². The first-order valence-electron chi connectivity index (χ1n) is 6.86. The van der Waals surface area contributed by atoms with Crippen LogP contribution in [0.3, 0.4) is 0 Å². The molecule has 2 N–H and O–H groups in total. The molecule has 0 saturated carbocycles. The summed E-state index contributed by atoms with van der Waals surface area (Å²) in [7, 11) is 0. The molecule has 0 heterocycles. The molecular formula is C17H17FN2O2. The molecule has 0 aliphatic carbocycles. The van der Waals surface area contributed by atoms with E-state index in [1.54, 1.807) is 43.3 Å². The summed E-state index contributed by atoms with van der Waals surface area (Å²) in [5, 5.41) is 5.55. The van der Waals surface area contributed by atoms with Crippen molar-refractivity contribution < 1.29 is 14.0 Å². The molecule has 0 unspecified atom stereocenters. The van der Waals surface area contributed by atoms with Gasteiger partial charge < -0.3 is 10.6 Å². The van der Waals surface area contributed by atoms with Gasteiger partial charge in [-0.25, -0.2) is 4.39 Å². The van der Waals surface area contributed by atoms with Crippen molar-refractivity contribution >= 4 is 23.1 Å². The van der Waals surface area contributed by atoms with E-state index in [4.69, 9.17) is 0 Å². The van der Waals surface area contributed by atoms with Crippen LogP contribution in [-0.2, 0) is 4.79 Å². The number of carbonyl (C=O) groups is 2. The highest BCUT2D eigenvalue weighted by molar-refractivity contribution is 5.95. The highest BCUT2D eigenvalue weighted by Crippen LogP contribution is 2.14. The second-order valence-corrected chi connectivity index (χ2v) is 5.00. The van der Waals surface area contributed by atoms with Crippen molar-refractivity contribution in [2.75, 3.05) is 17.2 Å². The van der Waals surface area contributed by atoms with Gasteiger partial charge in [0.1, 0.15) is 5.82 Å². The Kier molecular flexibility index (Phi) is 4.88. The predicted octanol–water partition coefficient (Wildman–Crippen LogP) is 3.39. The molecular weight excluding hydrogens is 283 g/mol. The Morgan fingerprint density at radius 3 is 2.27 bits per heavy atom. The molecule has 114 valence electrons. The molecule has 2 aromatic carbocycles. The number of amides is 1. The molecule has 2 aromatic rings. The van der Waals surface area contributed by atoms with Gasteiger partial charge in [0, 0.05) is 16.9 Å². The quantitative estimate of drug-likeness (QED) is 0.832. The molecule has 0 aliphatic heterocycles. The summed E-state index contributed by atoms with van der Waals surface area (Å²) in [6.45, 7) is 3.21. The Balaban J connectivity index is 1.89. The minimum Gasteiger partial charge on any atom is -0.376 e. The third-order valence-corrected chi connectivity index (χ3v) is 3.20. The largest absolute Gasteiger partial charge is 0.376 e. The normalized spacial score (nSPS) is 10.1. The third-order valence-electron chi connectivity index (χ3n) is 3.20. The van der Waals surface area contributed by atoms with Crippen LogP contribution >= 0.6 is 0 Å². The van der Waals surface area contributed by atoms with E-state index in [1.165, 1.54) is 13.0 Å². The number of benzene rings is 2. The molecule has 0 aromatic heterocycles. The minimum atomic E-state index is -0.356. The van der Waals surface area contributed by atoms with Crippen LogP contribution in [0.5, 0.6) is 0 Å². The molecule has 1 amide bonds. The summed E-state index contributed by atoms with van der Waals surface area (Å²) >= 11 is 0. The van der Waals surface area contributed by atoms with Crippen molar-refractivity contribution in [2.45, 2.75) is 13.8 Å². The van der Waals surface area contributed by atoms with Crippen LogP contribution < -0.4 is 10.6 Å². The average Bonchev–Trinajstić information content (AvgIpc) is 2.49. The molecule has 0 fully saturated rings. The lowest BCUT2D eigenvalue weighted by atomic mass is 10.1. The highest BCUT2D eigenvalue weighted by Gasteiger charge is 2.05. The second kappa shape index (κ2) is 6.85. The van der Waals surface area contributed by atoms with Crippen LogP contribution in [0.15, 0.2) is 42.5 Å². The monoisotopic (exact) mass is 300 g/mol. The number of anilines is 2. The molecule has 2 rings (SSSR count). The molecule has 0 atom stereocenters. The van der Waals surface area contributed by atoms with E-state index in [-0.39, 0.29) is 24.1 Å².